The highest BCUT2D eigenvalue weighted by atomic mass is 32.2. The lowest BCUT2D eigenvalue weighted by Crippen LogP contribution is -2.22. The number of aryl methyl sites for hydroxylation is 1. The third-order valence-corrected chi connectivity index (χ3v) is 2.76. The predicted molar refractivity (Wildman–Crippen MR) is 54.0 cm³/mol. The molecule has 0 fully saturated rings. The molecule has 0 spiro atoms. The maximum atomic E-state index is 11.6. The summed E-state index contributed by atoms with van der Waals surface area (Å²) in [7, 11) is 1.75. The lowest BCUT2D eigenvalue weighted by Gasteiger charge is -2.15. The number of carbonyl (C=O) groups excluding carboxylic acids is 1. The number of carbonyl (C=O) groups is 1. The van der Waals surface area contributed by atoms with Gasteiger partial charge in [0, 0.05) is 12.5 Å². The minimum Gasteiger partial charge on any atom is -0.298 e. The van der Waals surface area contributed by atoms with Gasteiger partial charge in [-0.1, -0.05) is 32.5 Å². The van der Waals surface area contributed by atoms with Gasteiger partial charge in [0.25, 0.3) is 0 Å². The molecule has 6 heteroatoms. The molecule has 0 aromatic carbocycles. The van der Waals surface area contributed by atoms with Crippen LogP contribution in [0.15, 0.2) is 5.16 Å². The van der Waals surface area contributed by atoms with Gasteiger partial charge in [-0.25, -0.2) is 4.68 Å². The zero-order valence-electron chi connectivity index (χ0n) is 8.81. The maximum absolute atomic E-state index is 11.6. The zero-order valence-corrected chi connectivity index (χ0v) is 9.63. The predicted octanol–water partition coefficient (Wildman–Crippen LogP) is 0.917. The van der Waals surface area contributed by atoms with Crippen molar-refractivity contribution < 1.29 is 4.79 Å². The van der Waals surface area contributed by atoms with Crippen molar-refractivity contribution in [2.24, 2.45) is 12.5 Å². The van der Waals surface area contributed by atoms with Crippen molar-refractivity contribution in [1.29, 1.82) is 0 Å². The van der Waals surface area contributed by atoms with Crippen molar-refractivity contribution in [3.05, 3.63) is 0 Å². The molecule has 5 nitrogen and oxygen atoms in total. The van der Waals surface area contributed by atoms with Gasteiger partial charge in [-0.3, -0.25) is 4.79 Å². The highest BCUT2D eigenvalue weighted by Gasteiger charge is 2.21. The normalized spacial score (nSPS) is 11.7. The lowest BCUT2D eigenvalue weighted by molar-refractivity contribution is -0.123. The summed E-state index contributed by atoms with van der Waals surface area (Å²) in [4.78, 5) is 11.6. The summed E-state index contributed by atoms with van der Waals surface area (Å²) in [5.74, 6) is 0.614. The number of hydrogen-bond donors (Lipinski definition) is 0. The Balaban J connectivity index is 2.50. The molecule has 1 aromatic heterocycles. The SMILES string of the molecule is Cn1nnnc1SCC(=O)C(C)(C)C. The van der Waals surface area contributed by atoms with Crippen molar-refractivity contribution in [2.75, 3.05) is 5.75 Å². The molecule has 78 valence electrons. The fraction of sp³-hybridized carbons (Fsp3) is 0.750. The standard InChI is InChI=1S/C8H14N4OS/c1-8(2,3)6(13)5-14-7-9-10-11-12(7)4/h5H2,1-4H3. The summed E-state index contributed by atoms with van der Waals surface area (Å²) >= 11 is 1.37. The molecule has 0 saturated heterocycles. The first-order valence-corrected chi connectivity index (χ1v) is 5.28. The van der Waals surface area contributed by atoms with E-state index in [-0.39, 0.29) is 11.2 Å². The van der Waals surface area contributed by atoms with Crippen LogP contribution in [0.4, 0.5) is 0 Å². The van der Waals surface area contributed by atoms with Crippen molar-refractivity contribution in [1.82, 2.24) is 20.2 Å². The first-order chi connectivity index (χ1) is 6.41. The van der Waals surface area contributed by atoms with E-state index in [0.717, 1.165) is 0 Å². The van der Waals surface area contributed by atoms with E-state index in [1.165, 1.54) is 11.8 Å². The first-order valence-electron chi connectivity index (χ1n) is 4.29. The summed E-state index contributed by atoms with van der Waals surface area (Å²) in [5, 5.41) is 11.6. The third kappa shape index (κ3) is 2.80. The summed E-state index contributed by atoms with van der Waals surface area (Å²) < 4.78 is 1.56. The lowest BCUT2D eigenvalue weighted by atomic mass is 9.92. The van der Waals surface area contributed by atoms with Crippen LogP contribution in [0, 0.1) is 5.41 Å². The molecule has 1 aromatic rings. The van der Waals surface area contributed by atoms with E-state index in [0.29, 0.717) is 10.9 Å². The van der Waals surface area contributed by atoms with Crippen LogP contribution < -0.4 is 0 Å². The molecule has 0 atom stereocenters. The molecule has 14 heavy (non-hydrogen) atoms. The number of hydrogen-bond acceptors (Lipinski definition) is 5. The molecule has 0 aliphatic carbocycles. The molecule has 0 amide bonds. The van der Waals surface area contributed by atoms with Crippen LogP contribution in [0.3, 0.4) is 0 Å². The average Bonchev–Trinajstić information content (AvgIpc) is 2.45. The molecule has 1 rings (SSSR count). The molecule has 1 heterocycles. The minimum absolute atomic E-state index is 0.200. The largest absolute Gasteiger partial charge is 0.298 e. The van der Waals surface area contributed by atoms with Gasteiger partial charge >= 0.3 is 0 Å². The summed E-state index contributed by atoms with van der Waals surface area (Å²) in [6, 6.07) is 0. The summed E-state index contributed by atoms with van der Waals surface area (Å²) in [5.41, 5.74) is -0.293. The van der Waals surface area contributed by atoms with Crippen molar-refractivity contribution >= 4 is 17.5 Å². The van der Waals surface area contributed by atoms with Gasteiger partial charge < -0.3 is 0 Å². The van der Waals surface area contributed by atoms with Crippen LogP contribution in [0.1, 0.15) is 20.8 Å². The number of tetrazole rings is 1. The van der Waals surface area contributed by atoms with E-state index in [1.54, 1.807) is 11.7 Å². The number of aromatic nitrogens is 4. The Morgan fingerprint density at radius 2 is 2.14 bits per heavy atom. The van der Waals surface area contributed by atoms with Gasteiger partial charge in [-0.2, -0.15) is 0 Å². The molecule has 0 aliphatic rings. The van der Waals surface area contributed by atoms with Crippen molar-refractivity contribution in [3.8, 4) is 0 Å². The summed E-state index contributed by atoms with van der Waals surface area (Å²) in [6.07, 6.45) is 0. The Labute approximate surface area is 87.3 Å². The van der Waals surface area contributed by atoms with E-state index in [2.05, 4.69) is 15.5 Å². The Hall–Kier alpha value is -0.910. The van der Waals surface area contributed by atoms with Gasteiger partial charge in [0.05, 0.1) is 5.75 Å². The van der Waals surface area contributed by atoms with E-state index in [9.17, 15) is 4.79 Å². The molecular weight excluding hydrogens is 200 g/mol. The third-order valence-electron chi connectivity index (χ3n) is 1.75. The summed E-state index contributed by atoms with van der Waals surface area (Å²) in [6.45, 7) is 5.72. The molecule has 0 radical (unpaired) electrons. The highest BCUT2D eigenvalue weighted by Crippen LogP contribution is 2.20. The Kier molecular flexibility index (Phi) is 3.25. The van der Waals surface area contributed by atoms with Crippen LogP contribution in [-0.2, 0) is 11.8 Å². The molecule has 0 aliphatic heterocycles. The number of ketones is 1. The quantitative estimate of drug-likeness (QED) is 0.700. The van der Waals surface area contributed by atoms with Crippen LogP contribution in [0.2, 0.25) is 0 Å². The van der Waals surface area contributed by atoms with Crippen molar-refractivity contribution in [3.63, 3.8) is 0 Å². The van der Waals surface area contributed by atoms with Crippen LogP contribution in [0.5, 0.6) is 0 Å². The molecular formula is C8H14N4OS. The van der Waals surface area contributed by atoms with Gasteiger partial charge in [-0.05, 0) is 10.4 Å². The van der Waals surface area contributed by atoms with Gasteiger partial charge in [0.15, 0.2) is 0 Å². The zero-order chi connectivity index (χ0) is 10.8. The van der Waals surface area contributed by atoms with E-state index >= 15 is 0 Å². The smallest absolute Gasteiger partial charge is 0.209 e. The van der Waals surface area contributed by atoms with Gasteiger partial charge in [0.1, 0.15) is 5.78 Å². The van der Waals surface area contributed by atoms with Crippen LogP contribution in [0.25, 0.3) is 0 Å². The van der Waals surface area contributed by atoms with Crippen molar-refractivity contribution in [2.45, 2.75) is 25.9 Å². The van der Waals surface area contributed by atoms with Gasteiger partial charge in [0.2, 0.25) is 5.16 Å². The van der Waals surface area contributed by atoms with E-state index in [4.69, 9.17) is 0 Å². The molecule has 0 saturated carbocycles. The maximum Gasteiger partial charge on any atom is 0.209 e. The van der Waals surface area contributed by atoms with Gasteiger partial charge in [-0.15, -0.1) is 5.10 Å². The Morgan fingerprint density at radius 3 is 2.57 bits per heavy atom. The van der Waals surface area contributed by atoms with E-state index in [1.807, 2.05) is 20.8 Å². The fourth-order valence-corrected chi connectivity index (χ4v) is 1.70. The first kappa shape index (κ1) is 11.2. The number of rotatable bonds is 3. The monoisotopic (exact) mass is 214 g/mol. The Morgan fingerprint density at radius 1 is 1.50 bits per heavy atom. The number of Topliss-reactive ketones (excluding diaryl/α,β-unsaturated/α-hetero) is 1. The number of nitrogens with zero attached hydrogens (tertiary/aromatic N) is 4. The average molecular weight is 214 g/mol. The van der Waals surface area contributed by atoms with Crippen LogP contribution in [-0.4, -0.2) is 31.7 Å². The van der Waals surface area contributed by atoms with Crippen LogP contribution >= 0.6 is 11.8 Å². The molecule has 0 bridgehead atoms. The number of thioether (sulfide) groups is 1. The minimum atomic E-state index is -0.293. The highest BCUT2D eigenvalue weighted by molar-refractivity contribution is 7.99. The second kappa shape index (κ2) is 4.08. The second-order valence-corrected chi connectivity index (χ2v) is 4.99. The Bertz CT molecular complexity index is 328. The van der Waals surface area contributed by atoms with E-state index < -0.39 is 0 Å². The molecule has 0 unspecified atom stereocenters. The molecule has 0 N–H and O–H groups in total. The second-order valence-electron chi connectivity index (χ2n) is 4.05. The topological polar surface area (TPSA) is 60.7 Å². The fourth-order valence-electron chi connectivity index (χ4n) is 0.690.